The first kappa shape index (κ1) is 16.3. The Morgan fingerprint density at radius 1 is 1.14 bits per heavy atom. The highest BCUT2D eigenvalue weighted by Gasteiger charge is 2.11. The third-order valence-electron chi connectivity index (χ3n) is 2.70. The SMILES string of the molecule is CCOc1ccc(/C=N\NS(=O)(=O)c2ccc(Cl)cc2)cc1. The van der Waals surface area contributed by atoms with Crippen LogP contribution in [0.25, 0.3) is 0 Å². The third-order valence-corrected chi connectivity index (χ3v) is 4.19. The molecule has 0 saturated carbocycles. The van der Waals surface area contributed by atoms with Crippen molar-refractivity contribution in [2.75, 3.05) is 6.61 Å². The van der Waals surface area contributed by atoms with Crippen LogP contribution in [0, 0.1) is 0 Å². The largest absolute Gasteiger partial charge is 0.494 e. The minimum Gasteiger partial charge on any atom is -0.494 e. The van der Waals surface area contributed by atoms with E-state index in [1.54, 1.807) is 24.3 Å². The second kappa shape index (κ2) is 7.29. The van der Waals surface area contributed by atoms with Crippen molar-refractivity contribution in [2.45, 2.75) is 11.8 Å². The number of hydrogen-bond donors (Lipinski definition) is 1. The van der Waals surface area contributed by atoms with Gasteiger partial charge in [-0.2, -0.15) is 13.5 Å². The van der Waals surface area contributed by atoms with Crippen LogP contribution in [0.4, 0.5) is 0 Å². The van der Waals surface area contributed by atoms with Crippen LogP contribution in [0.5, 0.6) is 5.75 Å². The van der Waals surface area contributed by atoms with Crippen LogP contribution in [0.3, 0.4) is 0 Å². The van der Waals surface area contributed by atoms with Crippen LogP contribution < -0.4 is 9.57 Å². The van der Waals surface area contributed by atoms with E-state index in [1.807, 2.05) is 6.92 Å². The maximum absolute atomic E-state index is 12.0. The lowest BCUT2D eigenvalue weighted by molar-refractivity contribution is 0.340. The number of ether oxygens (including phenoxy) is 1. The standard InChI is InChI=1S/C15H15ClN2O3S/c1-2-21-14-7-3-12(4-8-14)11-17-18-22(19,20)15-9-5-13(16)6-10-15/h3-11,18H,2H2,1H3/b17-11-. The molecule has 0 bridgehead atoms. The molecule has 0 atom stereocenters. The van der Waals surface area contributed by atoms with Crippen molar-refractivity contribution in [3.8, 4) is 5.75 Å². The topological polar surface area (TPSA) is 67.8 Å². The zero-order valence-electron chi connectivity index (χ0n) is 11.9. The van der Waals surface area contributed by atoms with Crippen molar-refractivity contribution in [1.29, 1.82) is 0 Å². The number of hydrazone groups is 1. The van der Waals surface area contributed by atoms with E-state index >= 15 is 0 Å². The van der Waals surface area contributed by atoms with E-state index in [1.165, 1.54) is 30.5 Å². The third kappa shape index (κ3) is 4.47. The van der Waals surface area contributed by atoms with Crippen LogP contribution in [-0.2, 0) is 10.0 Å². The summed E-state index contributed by atoms with van der Waals surface area (Å²) < 4.78 is 29.3. The van der Waals surface area contributed by atoms with Gasteiger partial charge in [0.05, 0.1) is 17.7 Å². The van der Waals surface area contributed by atoms with E-state index in [0.717, 1.165) is 11.3 Å². The van der Waals surface area contributed by atoms with Gasteiger partial charge in [-0.3, -0.25) is 0 Å². The van der Waals surface area contributed by atoms with E-state index in [0.29, 0.717) is 11.6 Å². The maximum Gasteiger partial charge on any atom is 0.276 e. The fourth-order valence-electron chi connectivity index (χ4n) is 1.65. The average molecular weight is 339 g/mol. The van der Waals surface area contributed by atoms with Crippen molar-refractivity contribution >= 4 is 27.8 Å². The van der Waals surface area contributed by atoms with E-state index in [4.69, 9.17) is 16.3 Å². The lowest BCUT2D eigenvalue weighted by Gasteiger charge is -2.04. The van der Waals surface area contributed by atoms with Gasteiger partial charge < -0.3 is 4.74 Å². The fourth-order valence-corrected chi connectivity index (χ4v) is 2.57. The Labute approximate surface area is 134 Å². The molecule has 0 fully saturated rings. The van der Waals surface area contributed by atoms with Gasteiger partial charge in [-0.05, 0) is 61.0 Å². The Bertz CT molecular complexity index is 741. The smallest absolute Gasteiger partial charge is 0.276 e. The molecular weight excluding hydrogens is 324 g/mol. The van der Waals surface area contributed by atoms with Crippen LogP contribution >= 0.6 is 11.6 Å². The predicted octanol–water partition coefficient (Wildman–Crippen LogP) is 3.05. The van der Waals surface area contributed by atoms with E-state index in [-0.39, 0.29) is 4.90 Å². The number of hydrogen-bond acceptors (Lipinski definition) is 4. The number of rotatable bonds is 6. The zero-order valence-corrected chi connectivity index (χ0v) is 13.4. The molecule has 0 aliphatic heterocycles. The highest BCUT2D eigenvalue weighted by molar-refractivity contribution is 7.89. The molecular formula is C15H15ClN2O3S. The van der Waals surface area contributed by atoms with Gasteiger partial charge in [0.2, 0.25) is 0 Å². The van der Waals surface area contributed by atoms with Gasteiger partial charge >= 0.3 is 0 Å². The van der Waals surface area contributed by atoms with Gasteiger partial charge in [0.25, 0.3) is 10.0 Å². The lowest BCUT2D eigenvalue weighted by Crippen LogP contribution is -2.18. The number of nitrogens with one attached hydrogen (secondary N) is 1. The highest BCUT2D eigenvalue weighted by atomic mass is 35.5. The van der Waals surface area contributed by atoms with E-state index < -0.39 is 10.0 Å². The molecule has 0 unspecified atom stereocenters. The number of nitrogens with zero attached hydrogens (tertiary/aromatic N) is 1. The van der Waals surface area contributed by atoms with Gasteiger partial charge in [-0.15, -0.1) is 0 Å². The van der Waals surface area contributed by atoms with Gasteiger partial charge in [0.15, 0.2) is 0 Å². The molecule has 2 aromatic carbocycles. The molecule has 0 heterocycles. The van der Waals surface area contributed by atoms with Crippen molar-refractivity contribution in [3.63, 3.8) is 0 Å². The summed E-state index contributed by atoms with van der Waals surface area (Å²) in [5.74, 6) is 0.751. The van der Waals surface area contributed by atoms with Gasteiger partial charge in [0, 0.05) is 5.02 Å². The summed E-state index contributed by atoms with van der Waals surface area (Å²) in [5, 5.41) is 4.22. The minimum atomic E-state index is -3.70. The van der Waals surface area contributed by atoms with Crippen molar-refractivity contribution in [3.05, 3.63) is 59.1 Å². The van der Waals surface area contributed by atoms with Crippen LogP contribution in [0.15, 0.2) is 58.5 Å². The Morgan fingerprint density at radius 3 is 2.36 bits per heavy atom. The molecule has 22 heavy (non-hydrogen) atoms. The summed E-state index contributed by atoms with van der Waals surface area (Å²) in [6, 6.07) is 13.0. The monoisotopic (exact) mass is 338 g/mol. The molecule has 5 nitrogen and oxygen atoms in total. The Balaban J connectivity index is 2.03. The zero-order chi connectivity index (χ0) is 16.0. The van der Waals surface area contributed by atoms with Gasteiger partial charge in [-0.1, -0.05) is 11.6 Å². The first-order chi connectivity index (χ1) is 10.5. The molecule has 0 amide bonds. The minimum absolute atomic E-state index is 0.0979. The maximum atomic E-state index is 12.0. The van der Waals surface area contributed by atoms with Crippen LogP contribution in [0.1, 0.15) is 12.5 Å². The van der Waals surface area contributed by atoms with Crippen molar-refractivity contribution < 1.29 is 13.2 Å². The Morgan fingerprint density at radius 2 is 1.77 bits per heavy atom. The number of benzene rings is 2. The van der Waals surface area contributed by atoms with Gasteiger partial charge in [0.1, 0.15) is 5.75 Å². The van der Waals surface area contributed by atoms with E-state index in [9.17, 15) is 8.42 Å². The molecule has 0 spiro atoms. The summed E-state index contributed by atoms with van der Waals surface area (Å²) in [5.41, 5.74) is 0.752. The fraction of sp³-hybridized carbons (Fsp3) is 0.133. The predicted molar refractivity (Wildman–Crippen MR) is 87.0 cm³/mol. The van der Waals surface area contributed by atoms with Crippen molar-refractivity contribution in [2.24, 2.45) is 5.10 Å². The first-order valence-electron chi connectivity index (χ1n) is 6.54. The lowest BCUT2D eigenvalue weighted by atomic mass is 10.2. The Kier molecular flexibility index (Phi) is 5.41. The second-order valence-corrected chi connectivity index (χ2v) is 6.41. The molecule has 116 valence electrons. The summed E-state index contributed by atoms with van der Waals surface area (Å²) in [6.45, 7) is 2.50. The Hall–Kier alpha value is -2.05. The molecule has 2 aromatic rings. The number of halogens is 1. The molecule has 2 rings (SSSR count). The summed E-state index contributed by atoms with van der Waals surface area (Å²) >= 11 is 5.73. The molecule has 0 aromatic heterocycles. The summed E-state index contributed by atoms with van der Waals surface area (Å²) in [7, 11) is -3.70. The molecule has 0 saturated heterocycles. The quantitative estimate of drug-likeness (QED) is 0.650. The highest BCUT2D eigenvalue weighted by Crippen LogP contribution is 2.14. The molecule has 0 aliphatic rings. The first-order valence-corrected chi connectivity index (χ1v) is 8.40. The summed E-state index contributed by atoms with van der Waals surface area (Å²) in [4.78, 5) is 2.25. The van der Waals surface area contributed by atoms with Crippen molar-refractivity contribution in [1.82, 2.24) is 4.83 Å². The van der Waals surface area contributed by atoms with Crippen LogP contribution in [0.2, 0.25) is 5.02 Å². The average Bonchev–Trinajstić information content (AvgIpc) is 2.50. The number of sulfonamides is 1. The molecule has 0 aliphatic carbocycles. The molecule has 0 radical (unpaired) electrons. The van der Waals surface area contributed by atoms with Crippen LogP contribution in [-0.4, -0.2) is 21.2 Å². The van der Waals surface area contributed by atoms with E-state index in [2.05, 4.69) is 9.93 Å². The summed E-state index contributed by atoms with van der Waals surface area (Å²) in [6.07, 6.45) is 1.42. The second-order valence-electron chi connectivity index (χ2n) is 4.31. The normalized spacial score (nSPS) is 11.5. The van der Waals surface area contributed by atoms with Gasteiger partial charge in [-0.25, -0.2) is 4.83 Å². The molecule has 1 N–H and O–H groups in total. The molecule has 7 heteroatoms.